The maximum atomic E-state index is 11.6. The van der Waals surface area contributed by atoms with Gasteiger partial charge in [0.1, 0.15) is 0 Å². The van der Waals surface area contributed by atoms with Crippen molar-refractivity contribution < 1.29 is 9.90 Å². The summed E-state index contributed by atoms with van der Waals surface area (Å²) in [7, 11) is 0. The smallest absolute Gasteiger partial charge is 0.335 e. The first kappa shape index (κ1) is 57.9. The van der Waals surface area contributed by atoms with Gasteiger partial charge in [-0.1, -0.05) is 203 Å². The van der Waals surface area contributed by atoms with Crippen molar-refractivity contribution in [2.24, 2.45) is 0 Å². The number of carboxylic acids is 1. The van der Waals surface area contributed by atoms with Crippen LogP contribution in [-0.4, -0.2) is 31.0 Å². The number of carboxylic acid groups (broad SMARTS) is 1. The molecule has 0 atom stereocenters. The number of carbonyl (C=O) groups is 1. The first-order valence-electron chi connectivity index (χ1n) is 29.3. The van der Waals surface area contributed by atoms with E-state index in [1.165, 1.54) is 33.4 Å². The molecule has 0 unspecified atom stereocenters. The average molecular weight is 1100 g/mol. The summed E-state index contributed by atoms with van der Waals surface area (Å²) in [5.74, 6) is 5.58. The van der Waals surface area contributed by atoms with Crippen molar-refractivity contribution in [2.75, 3.05) is 0 Å². The highest BCUT2D eigenvalue weighted by atomic mass is 16.4. The molecule has 0 aliphatic carbocycles. The second-order valence-electron chi connectivity index (χ2n) is 29.1. The summed E-state index contributed by atoms with van der Waals surface area (Å²) in [5.41, 5.74) is 24.1. The van der Waals surface area contributed by atoms with Gasteiger partial charge in [-0.25, -0.2) is 14.8 Å². The monoisotopic (exact) mass is 1090 g/mol. The summed E-state index contributed by atoms with van der Waals surface area (Å²) in [4.78, 5) is 31.2. The standard InChI is InChI=1S/C77H82N4O2/c1-72(2,3)53-37-50(38-54(43-53)73(4,5)6)68-61-31-29-59(78-61)67(48-25-21-46(22-26-48)19-20-47-23-27-49(28-24-47)71(82)83)60-30-32-62(79-60)69(51-39-55(74(7,8)9)44-56(40-51)75(10,11)12)64-34-36-66(81-64)70(65-35-33-63(68)80-65)52-41-57(76(13,14)15)45-58(42-52)77(16,17)18/h21-45,78,81H,1-18H3,(H,82,83). The number of hydrogen-bond acceptors (Lipinski definition) is 3. The van der Waals surface area contributed by atoms with Crippen LogP contribution >= 0.6 is 0 Å². The number of nitrogens with zero attached hydrogens (tertiary/aromatic N) is 2. The van der Waals surface area contributed by atoms with Crippen LogP contribution in [0.4, 0.5) is 0 Å². The molecular formula is C77H82N4O2. The fraction of sp³-hybridized carbons (Fsp3) is 0.312. The molecule has 0 amide bonds. The van der Waals surface area contributed by atoms with E-state index in [1.807, 2.05) is 12.1 Å². The van der Waals surface area contributed by atoms with Crippen LogP contribution in [0, 0.1) is 11.8 Å². The summed E-state index contributed by atoms with van der Waals surface area (Å²) in [6, 6.07) is 45.3. The Kier molecular flexibility index (Phi) is 14.6. The number of fused-ring (bicyclic) bond motifs is 8. The van der Waals surface area contributed by atoms with Gasteiger partial charge in [0.2, 0.25) is 0 Å². The van der Waals surface area contributed by atoms with Crippen molar-refractivity contribution in [3.8, 4) is 56.3 Å². The van der Waals surface area contributed by atoms with Gasteiger partial charge < -0.3 is 15.1 Å². The lowest BCUT2D eigenvalue weighted by Crippen LogP contribution is -2.16. The van der Waals surface area contributed by atoms with Gasteiger partial charge in [-0.2, -0.15) is 0 Å². The molecule has 6 heteroatoms. The fourth-order valence-electron chi connectivity index (χ4n) is 10.9. The van der Waals surface area contributed by atoms with Crippen LogP contribution in [0.15, 0.2) is 127 Å². The van der Waals surface area contributed by atoms with Crippen LogP contribution < -0.4 is 0 Å². The lowest BCUT2D eigenvalue weighted by atomic mass is 9.78. The number of hydrogen-bond donors (Lipinski definition) is 3. The van der Waals surface area contributed by atoms with Gasteiger partial charge in [-0.3, -0.25) is 0 Å². The van der Waals surface area contributed by atoms with Crippen LogP contribution in [0.5, 0.6) is 0 Å². The van der Waals surface area contributed by atoms with Crippen LogP contribution in [-0.2, 0) is 32.5 Å². The number of aromatic carboxylic acids is 1. The van der Waals surface area contributed by atoms with Crippen molar-refractivity contribution in [2.45, 2.75) is 157 Å². The maximum Gasteiger partial charge on any atom is 0.335 e. The Morgan fingerprint density at radius 3 is 0.819 bits per heavy atom. The molecular weight excluding hydrogens is 1010 g/mol. The zero-order valence-corrected chi connectivity index (χ0v) is 52.2. The molecule has 10 rings (SSSR count). The van der Waals surface area contributed by atoms with Crippen LogP contribution in [0.2, 0.25) is 0 Å². The third-order valence-corrected chi connectivity index (χ3v) is 16.3. The normalized spacial score (nSPS) is 13.1. The highest BCUT2D eigenvalue weighted by molar-refractivity contribution is 6.00. The third kappa shape index (κ3) is 12.1. The van der Waals surface area contributed by atoms with E-state index >= 15 is 0 Å². The van der Waals surface area contributed by atoms with Crippen LogP contribution in [0.25, 0.3) is 90.9 Å². The molecule has 3 aromatic heterocycles. The van der Waals surface area contributed by atoms with Gasteiger partial charge in [-0.05, 0) is 173 Å². The SMILES string of the molecule is CC(C)(C)c1cc(-c2c3nc(c(-c4cc(C(C)(C)C)cc(C(C)(C)C)c4)c4ccc([nH]4)c(-c4cc(C(C)(C)C)cc(C(C)(C)C)c4)c4nc(c(-c5ccc(C#Cc6ccc(C(=O)O)cc6)cc5)c5ccc2[nH]5)C=C4)C=C3)cc(C(C)(C)C)c1. The molecule has 5 aromatic carbocycles. The van der Waals surface area contributed by atoms with E-state index in [0.29, 0.717) is 0 Å². The predicted molar refractivity (Wildman–Crippen MR) is 352 cm³/mol. The molecule has 422 valence electrons. The highest BCUT2D eigenvalue weighted by Crippen LogP contribution is 2.44. The molecule has 2 aliphatic heterocycles. The number of benzene rings is 5. The summed E-state index contributed by atoms with van der Waals surface area (Å²) in [6.07, 6.45) is 8.78. The Bertz CT molecular complexity index is 4020. The van der Waals surface area contributed by atoms with Gasteiger partial charge in [0.25, 0.3) is 0 Å². The van der Waals surface area contributed by atoms with E-state index in [4.69, 9.17) is 9.97 Å². The molecule has 83 heavy (non-hydrogen) atoms. The first-order valence-corrected chi connectivity index (χ1v) is 29.3. The molecule has 2 aliphatic rings. The lowest BCUT2D eigenvalue weighted by molar-refractivity contribution is 0.0696. The van der Waals surface area contributed by atoms with Gasteiger partial charge in [0.05, 0.1) is 28.3 Å². The van der Waals surface area contributed by atoms with E-state index in [1.54, 1.807) is 24.3 Å². The first-order chi connectivity index (χ1) is 38.7. The quantitative estimate of drug-likeness (QED) is 0.150. The van der Waals surface area contributed by atoms with E-state index in [9.17, 15) is 9.90 Å². The van der Waals surface area contributed by atoms with Gasteiger partial charge in [-0.15, -0.1) is 0 Å². The number of rotatable bonds is 5. The van der Waals surface area contributed by atoms with Crippen molar-refractivity contribution >= 4 is 52.3 Å². The molecule has 0 spiro atoms. The lowest BCUT2D eigenvalue weighted by Gasteiger charge is -2.26. The molecule has 8 bridgehead atoms. The van der Waals surface area contributed by atoms with Crippen molar-refractivity contribution in [1.29, 1.82) is 0 Å². The highest BCUT2D eigenvalue weighted by Gasteiger charge is 2.28. The van der Waals surface area contributed by atoms with E-state index in [-0.39, 0.29) is 38.1 Å². The molecule has 5 heterocycles. The Hall–Kier alpha value is -8.27. The Morgan fingerprint density at radius 2 is 0.578 bits per heavy atom. The molecule has 0 fully saturated rings. The molecule has 0 saturated carbocycles. The van der Waals surface area contributed by atoms with E-state index < -0.39 is 5.97 Å². The zero-order valence-electron chi connectivity index (χ0n) is 52.2. The summed E-state index contributed by atoms with van der Waals surface area (Å²) < 4.78 is 0. The topological polar surface area (TPSA) is 94.7 Å². The van der Waals surface area contributed by atoms with E-state index in [2.05, 4.69) is 262 Å². The maximum absolute atomic E-state index is 11.6. The Balaban J connectivity index is 1.37. The summed E-state index contributed by atoms with van der Waals surface area (Å²) in [5, 5.41) is 9.47. The Morgan fingerprint density at radius 1 is 0.337 bits per heavy atom. The second kappa shape index (κ2) is 20.9. The van der Waals surface area contributed by atoms with Crippen molar-refractivity contribution in [3.05, 3.63) is 200 Å². The molecule has 0 radical (unpaired) electrons. The minimum Gasteiger partial charge on any atom is -0.478 e. The third-order valence-electron chi connectivity index (χ3n) is 16.3. The largest absolute Gasteiger partial charge is 0.478 e. The van der Waals surface area contributed by atoms with Crippen LogP contribution in [0.3, 0.4) is 0 Å². The minimum atomic E-state index is -0.963. The second-order valence-corrected chi connectivity index (χ2v) is 29.1. The zero-order chi connectivity index (χ0) is 59.9. The number of aromatic amines is 2. The van der Waals surface area contributed by atoms with Gasteiger partial charge in [0.15, 0.2) is 0 Å². The number of H-pyrrole nitrogens is 2. The molecule has 3 N–H and O–H groups in total. The molecule has 0 saturated heterocycles. The van der Waals surface area contributed by atoms with Crippen molar-refractivity contribution in [3.63, 3.8) is 0 Å². The average Bonchev–Trinajstić information content (AvgIpc) is 4.39. The Labute approximate surface area is 493 Å². The number of nitrogens with one attached hydrogen (secondary N) is 2. The molecule has 6 nitrogen and oxygen atoms in total. The summed E-state index contributed by atoms with van der Waals surface area (Å²) in [6.45, 7) is 41.4. The van der Waals surface area contributed by atoms with Gasteiger partial charge >= 0.3 is 5.97 Å². The van der Waals surface area contributed by atoms with E-state index in [0.717, 1.165) is 100 Å². The minimum absolute atomic E-state index is 0.119. The van der Waals surface area contributed by atoms with Crippen molar-refractivity contribution in [1.82, 2.24) is 19.9 Å². The van der Waals surface area contributed by atoms with Crippen LogP contribution in [0.1, 0.15) is 202 Å². The van der Waals surface area contributed by atoms with Gasteiger partial charge in [0, 0.05) is 55.4 Å². The fourth-order valence-corrected chi connectivity index (χ4v) is 10.9. The number of aromatic nitrogens is 4. The predicted octanol–water partition coefficient (Wildman–Crippen LogP) is 20.2. The molecule has 8 aromatic rings. The summed E-state index contributed by atoms with van der Waals surface area (Å²) >= 11 is 0.